The minimum atomic E-state index is -0.768. The number of rotatable bonds is 4. The number of ether oxygens (including phenoxy) is 1. The fourth-order valence-corrected chi connectivity index (χ4v) is 2.43. The number of likely N-dealkylation sites (N-methyl/N-ethyl adjacent to an activating group) is 1. The van der Waals surface area contributed by atoms with E-state index < -0.39 is 16.6 Å². The lowest BCUT2D eigenvalue weighted by molar-refractivity contribution is -0.384. The fourth-order valence-electron chi connectivity index (χ4n) is 2.43. The number of fused-ring (bicyclic) bond motifs is 1. The zero-order chi connectivity index (χ0) is 16.6. The van der Waals surface area contributed by atoms with E-state index in [9.17, 15) is 19.7 Å². The molecule has 0 radical (unpaired) electrons. The quantitative estimate of drug-likeness (QED) is 0.491. The van der Waals surface area contributed by atoms with Gasteiger partial charge in [-0.15, -0.1) is 0 Å². The van der Waals surface area contributed by atoms with Gasteiger partial charge in [0.25, 0.3) is 17.4 Å². The number of nitrogens with zero attached hydrogens (tertiary/aromatic N) is 2. The summed E-state index contributed by atoms with van der Waals surface area (Å²) in [5.41, 5.74) is 0.839. The number of carbonyl (C=O) groups excluding carboxylic acids is 2. The molecule has 0 aliphatic carbocycles. The van der Waals surface area contributed by atoms with Crippen LogP contribution < -0.4 is 9.64 Å². The molecule has 0 atom stereocenters. The van der Waals surface area contributed by atoms with Crippen molar-refractivity contribution in [3.63, 3.8) is 0 Å². The Labute approximate surface area is 131 Å². The number of non-ortho nitro benzene ring substituents is 1. The zero-order valence-corrected chi connectivity index (χ0v) is 12.2. The fraction of sp³-hybridized carbons (Fsp3) is 0.125. The molecule has 0 unspecified atom stereocenters. The summed E-state index contributed by atoms with van der Waals surface area (Å²) in [6.07, 6.45) is 0. The second-order valence-electron chi connectivity index (χ2n) is 5.06. The molecule has 0 N–H and O–H groups in total. The molecule has 2 aromatic rings. The van der Waals surface area contributed by atoms with Crippen LogP contribution in [0, 0.1) is 10.1 Å². The maximum Gasteiger partial charge on any atom is 0.299 e. The van der Waals surface area contributed by atoms with Crippen molar-refractivity contribution in [3.05, 3.63) is 63.7 Å². The van der Waals surface area contributed by atoms with Crippen molar-refractivity contribution in [3.8, 4) is 5.75 Å². The maximum absolute atomic E-state index is 11.9. The third kappa shape index (κ3) is 2.52. The van der Waals surface area contributed by atoms with Crippen LogP contribution in [0.2, 0.25) is 0 Å². The molecule has 0 fully saturated rings. The van der Waals surface area contributed by atoms with Crippen molar-refractivity contribution in [1.82, 2.24) is 0 Å². The standard InChI is InChI=1S/C16H12N2O5/c1-17-14-12(15(19)16(17)20)7-11(18(21)22)8-13(14)23-9-10-5-3-2-4-6-10/h2-8H,9H2,1H3. The highest BCUT2D eigenvalue weighted by Crippen LogP contribution is 2.40. The zero-order valence-electron chi connectivity index (χ0n) is 12.2. The Morgan fingerprint density at radius 1 is 1.17 bits per heavy atom. The highest BCUT2D eigenvalue weighted by molar-refractivity contribution is 6.52. The van der Waals surface area contributed by atoms with E-state index in [1.807, 2.05) is 30.3 Å². The van der Waals surface area contributed by atoms with Crippen LogP contribution in [-0.2, 0) is 11.4 Å². The number of hydrogen-bond acceptors (Lipinski definition) is 5. The minimum absolute atomic E-state index is 0.00485. The topological polar surface area (TPSA) is 89.8 Å². The van der Waals surface area contributed by atoms with Crippen molar-refractivity contribution >= 4 is 23.1 Å². The Bertz CT molecular complexity index is 817. The van der Waals surface area contributed by atoms with E-state index in [2.05, 4.69) is 0 Å². The van der Waals surface area contributed by atoms with Gasteiger partial charge >= 0.3 is 0 Å². The molecular formula is C16H12N2O5. The number of hydrogen-bond donors (Lipinski definition) is 0. The van der Waals surface area contributed by atoms with E-state index in [4.69, 9.17) is 4.74 Å². The number of nitro benzene ring substituents is 1. The third-order valence-electron chi connectivity index (χ3n) is 3.59. The summed E-state index contributed by atoms with van der Waals surface area (Å²) in [4.78, 5) is 35.3. The summed E-state index contributed by atoms with van der Waals surface area (Å²) >= 11 is 0. The van der Waals surface area contributed by atoms with E-state index in [1.54, 1.807) is 0 Å². The van der Waals surface area contributed by atoms with Gasteiger partial charge in [0, 0.05) is 13.1 Å². The van der Waals surface area contributed by atoms with Gasteiger partial charge in [0.05, 0.1) is 22.2 Å². The van der Waals surface area contributed by atoms with Crippen molar-refractivity contribution in [1.29, 1.82) is 0 Å². The summed E-state index contributed by atoms with van der Waals surface area (Å²) in [5.74, 6) is -1.36. The molecule has 1 aliphatic heterocycles. The van der Waals surface area contributed by atoms with E-state index in [0.29, 0.717) is 0 Å². The first kappa shape index (κ1) is 14.7. The minimum Gasteiger partial charge on any atom is -0.486 e. The van der Waals surface area contributed by atoms with Crippen molar-refractivity contribution in [2.75, 3.05) is 11.9 Å². The molecule has 23 heavy (non-hydrogen) atoms. The highest BCUT2D eigenvalue weighted by atomic mass is 16.6. The van der Waals surface area contributed by atoms with Crippen molar-refractivity contribution in [2.24, 2.45) is 0 Å². The van der Waals surface area contributed by atoms with Gasteiger partial charge in [-0.25, -0.2) is 0 Å². The Hall–Kier alpha value is -3.22. The first-order valence-electron chi connectivity index (χ1n) is 6.80. The van der Waals surface area contributed by atoms with Crippen LogP contribution >= 0.6 is 0 Å². The van der Waals surface area contributed by atoms with Gasteiger partial charge in [0.1, 0.15) is 6.61 Å². The number of Topliss-reactive ketones (excluding diaryl/α,β-unsaturated/α-hetero) is 1. The number of benzene rings is 2. The first-order chi connectivity index (χ1) is 11.0. The number of amides is 1. The number of nitro groups is 1. The maximum atomic E-state index is 11.9. The van der Waals surface area contributed by atoms with Gasteiger partial charge in [0.2, 0.25) is 0 Å². The lowest BCUT2D eigenvalue weighted by Crippen LogP contribution is -2.25. The third-order valence-corrected chi connectivity index (χ3v) is 3.59. The molecular weight excluding hydrogens is 300 g/mol. The molecule has 7 nitrogen and oxygen atoms in total. The van der Waals surface area contributed by atoms with Gasteiger partial charge in [-0.1, -0.05) is 30.3 Å². The van der Waals surface area contributed by atoms with Crippen LogP contribution in [0.1, 0.15) is 15.9 Å². The molecule has 0 saturated heterocycles. The van der Waals surface area contributed by atoms with Crippen LogP contribution in [0.5, 0.6) is 5.75 Å². The lowest BCUT2D eigenvalue weighted by atomic mass is 10.1. The van der Waals surface area contributed by atoms with E-state index in [0.717, 1.165) is 16.5 Å². The molecule has 116 valence electrons. The number of anilines is 1. The van der Waals surface area contributed by atoms with E-state index in [1.165, 1.54) is 13.1 Å². The Balaban J connectivity index is 2.02. The molecule has 2 aromatic carbocycles. The van der Waals surface area contributed by atoms with Crippen LogP contribution in [-0.4, -0.2) is 23.7 Å². The molecule has 3 rings (SSSR count). The molecule has 7 heteroatoms. The number of ketones is 1. The summed E-state index contributed by atoms with van der Waals surface area (Å²) in [6.45, 7) is 0.171. The summed E-state index contributed by atoms with van der Waals surface area (Å²) in [5, 5.41) is 11.0. The highest BCUT2D eigenvalue weighted by Gasteiger charge is 2.38. The van der Waals surface area contributed by atoms with Gasteiger partial charge in [-0.2, -0.15) is 0 Å². The normalized spacial score (nSPS) is 13.2. The van der Waals surface area contributed by atoms with Crippen LogP contribution in [0.3, 0.4) is 0 Å². The summed E-state index contributed by atoms with van der Waals surface area (Å²) < 4.78 is 5.64. The first-order valence-corrected chi connectivity index (χ1v) is 6.80. The van der Waals surface area contributed by atoms with Gasteiger partial charge in [0.15, 0.2) is 5.75 Å². The van der Waals surface area contributed by atoms with Gasteiger partial charge in [-0.05, 0) is 5.56 Å². The molecule has 0 spiro atoms. The average molecular weight is 312 g/mol. The molecule has 1 heterocycles. The Morgan fingerprint density at radius 2 is 1.87 bits per heavy atom. The Morgan fingerprint density at radius 3 is 2.52 bits per heavy atom. The number of carbonyl (C=O) groups is 2. The summed E-state index contributed by atoms with van der Waals surface area (Å²) in [7, 11) is 1.44. The van der Waals surface area contributed by atoms with Gasteiger partial charge in [-0.3, -0.25) is 19.7 Å². The van der Waals surface area contributed by atoms with Crippen LogP contribution in [0.4, 0.5) is 11.4 Å². The molecule has 1 amide bonds. The molecule has 1 aliphatic rings. The van der Waals surface area contributed by atoms with Crippen LogP contribution in [0.15, 0.2) is 42.5 Å². The van der Waals surface area contributed by atoms with Crippen molar-refractivity contribution < 1.29 is 19.2 Å². The summed E-state index contributed by atoms with van der Waals surface area (Å²) in [6, 6.07) is 11.6. The monoisotopic (exact) mass is 312 g/mol. The molecule has 0 saturated carbocycles. The smallest absolute Gasteiger partial charge is 0.299 e. The average Bonchev–Trinajstić information content (AvgIpc) is 2.78. The Kier molecular flexibility index (Phi) is 3.53. The van der Waals surface area contributed by atoms with Crippen molar-refractivity contribution in [2.45, 2.75) is 6.61 Å². The van der Waals surface area contributed by atoms with E-state index in [-0.39, 0.29) is 29.3 Å². The SMILES string of the molecule is CN1C(=O)C(=O)c2cc([N+](=O)[O-])cc(OCc3ccccc3)c21. The predicted molar refractivity (Wildman–Crippen MR) is 81.6 cm³/mol. The van der Waals surface area contributed by atoms with Crippen LogP contribution in [0.25, 0.3) is 0 Å². The van der Waals surface area contributed by atoms with E-state index >= 15 is 0 Å². The molecule has 0 bridgehead atoms. The second-order valence-corrected chi connectivity index (χ2v) is 5.06. The molecule has 0 aromatic heterocycles. The largest absolute Gasteiger partial charge is 0.486 e. The second kappa shape index (κ2) is 5.53. The van der Waals surface area contributed by atoms with Gasteiger partial charge < -0.3 is 9.64 Å². The lowest BCUT2D eigenvalue weighted by Gasteiger charge is -2.15. The predicted octanol–water partition coefficient (Wildman–Crippen LogP) is 2.33.